The van der Waals surface area contributed by atoms with Gasteiger partial charge in [-0.05, 0) is 13.0 Å². The second kappa shape index (κ2) is 11.0. The van der Waals surface area contributed by atoms with Crippen molar-refractivity contribution in [3.05, 3.63) is 0 Å². The Balaban J connectivity index is 3.96. The van der Waals surface area contributed by atoms with Crippen molar-refractivity contribution in [1.29, 1.82) is 0 Å². The molecule has 0 rings (SSSR count). The molecule has 0 saturated carbocycles. The number of ether oxygens (including phenoxy) is 2. The van der Waals surface area contributed by atoms with E-state index in [2.05, 4.69) is 16.4 Å². The van der Waals surface area contributed by atoms with Gasteiger partial charge < -0.3 is 9.47 Å². The van der Waals surface area contributed by atoms with Crippen LogP contribution in [0.25, 0.3) is 0 Å². The quantitative estimate of drug-likeness (QED) is 0.440. The summed E-state index contributed by atoms with van der Waals surface area (Å²) >= 11 is 0. The van der Waals surface area contributed by atoms with Gasteiger partial charge in [-0.3, -0.25) is 14.5 Å². The molecular weight excluding hydrogens is 234 g/mol. The maximum Gasteiger partial charge on any atom is 0.319 e. The van der Waals surface area contributed by atoms with E-state index in [1.165, 1.54) is 33.5 Å². The molecule has 106 valence electrons. The van der Waals surface area contributed by atoms with Crippen molar-refractivity contribution < 1.29 is 19.1 Å². The van der Waals surface area contributed by atoms with Gasteiger partial charge in [-0.15, -0.1) is 0 Å². The zero-order valence-electron chi connectivity index (χ0n) is 11.7. The van der Waals surface area contributed by atoms with Crippen LogP contribution in [0.1, 0.15) is 39.0 Å². The minimum atomic E-state index is -0.326. The first-order valence-electron chi connectivity index (χ1n) is 6.50. The Kier molecular flexibility index (Phi) is 10.3. The summed E-state index contributed by atoms with van der Waals surface area (Å²) in [6, 6.07) is 0. The van der Waals surface area contributed by atoms with E-state index < -0.39 is 0 Å². The van der Waals surface area contributed by atoms with E-state index in [1.54, 1.807) is 4.90 Å². The van der Waals surface area contributed by atoms with Crippen LogP contribution in [0.5, 0.6) is 0 Å². The fourth-order valence-electron chi connectivity index (χ4n) is 1.65. The van der Waals surface area contributed by atoms with Crippen molar-refractivity contribution in [3.8, 4) is 0 Å². The molecule has 0 aromatic carbocycles. The molecule has 0 aromatic rings. The smallest absolute Gasteiger partial charge is 0.319 e. The van der Waals surface area contributed by atoms with Crippen molar-refractivity contribution in [1.82, 2.24) is 4.90 Å². The summed E-state index contributed by atoms with van der Waals surface area (Å²) < 4.78 is 9.22. The number of nitrogens with zero attached hydrogens (tertiary/aromatic N) is 1. The normalized spacial score (nSPS) is 10.4. The molecule has 0 aromatic heterocycles. The first kappa shape index (κ1) is 16.9. The molecule has 0 saturated heterocycles. The Morgan fingerprint density at radius 3 is 1.83 bits per heavy atom. The second-order valence-corrected chi connectivity index (χ2v) is 4.28. The minimum Gasteiger partial charge on any atom is -0.468 e. The van der Waals surface area contributed by atoms with Crippen LogP contribution in [0, 0.1) is 0 Å². The summed E-state index contributed by atoms with van der Waals surface area (Å²) in [6.07, 6.45) is 5.73. The maximum absolute atomic E-state index is 11.2. The zero-order chi connectivity index (χ0) is 13.8. The fourth-order valence-corrected chi connectivity index (χ4v) is 1.65. The third kappa shape index (κ3) is 8.98. The molecule has 0 fully saturated rings. The Bertz CT molecular complexity index is 225. The predicted octanol–water partition coefficient (Wildman–Crippen LogP) is 1.60. The van der Waals surface area contributed by atoms with Gasteiger partial charge in [-0.2, -0.15) is 0 Å². The number of rotatable bonds is 10. The molecule has 0 aliphatic rings. The van der Waals surface area contributed by atoms with Gasteiger partial charge >= 0.3 is 11.9 Å². The van der Waals surface area contributed by atoms with E-state index in [0.717, 1.165) is 12.8 Å². The highest BCUT2D eigenvalue weighted by molar-refractivity contribution is 5.74. The van der Waals surface area contributed by atoms with Crippen LogP contribution in [0.3, 0.4) is 0 Å². The van der Waals surface area contributed by atoms with Crippen molar-refractivity contribution in [2.24, 2.45) is 0 Å². The lowest BCUT2D eigenvalue weighted by Crippen LogP contribution is -2.36. The molecule has 5 nitrogen and oxygen atoms in total. The Labute approximate surface area is 109 Å². The van der Waals surface area contributed by atoms with Gasteiger partial charge in [0.15, 0.2) is 0 Å². The van der Waals surface area contributed by atoms with Crippen LogP contribution in [0.4, 0.5) is 0 Å². The summed E-state index contributed by atoms with van der Waals surface area (Å²) in [5, 5.41) is 0. The molecule has 0 amide bonds. The molecule has 0 spiro atoms. The third-order valence-electron chi connectivity index (χ3n) is 2.74. The van der Waals surface area contributed by atoms with Crippen molar-refractivity contribution >= 4 is 11.9 Å². The molecule has 18 heavy (non-hydrogen) atoms. The Hall–Kier alpha value is -1.10. The number of hydrogen-bond acceptors (Lipinski definition) is 5. The van der Waals surface area contributed by atoms with Crippen LogP contribution in [0.2, 0.25) is 0 Å². The molecule has 0 atom stereocenters. The van der Waals surface area contributed by atoms with E-state index in [-0.39, 0.29) is 25.0 Å². The highest BCUT2D eigenvalue weighted by atomic mass is 16.5. The third-order valence-corrected chi connectivity index (χ3v) is 2.74. The molecule has 5 heteroatoms. The summed E-state index contributed by atoms with van der Waals surface area (Å²) in [5.41, 5.74) is 0. The first-order chi connectivity index (χ1) is 8.63. The fraction of sp³-hybridized carbons (Fsp3) is 0.846. The van der Waals surface area contributed by atoms with E-state index in [0.29, 0.717) is 6.54 Å². The molecule has 0 unspecified atom stereocenters. The number of esters is 2. The molecule has 0 radical (unpaired) electrons. The number of methoxy groups -OCH3 is 2. The van der Waals surface area contributed by atoms with Gasteiger partial charge in [0.25, 0.3) is 0 Å². The summed E-state index contributed by atoms with van der Waals surface area (Å²) in [7, 11) is 2.69. The van der Waals surface area contributed by atoms with Gasteiger partial charge in [0, 0.05) is 0 Å². The van der Waals surface area contributed by atoms with Crippen LogP contribution in [0.15, 0.2) is 0 Å². The predicted molar refractivity (Wildman–Crippen MR) is 69.2 cm³/mol. The lowest BCUT2D eigenvalue weighted by molar-refractivity contribution is -0.145. The van der Waals surface area contributed by atoms with Crippen LogP contribution < -0.4 is 0 Å². The van der Waals surface area contributed by atoms with Gasteiger partial charge in [-0.1, -0.05) is 32.6 Å². The van der Waals surface area contributed by atoms with Crippen LogP contribution >= 0.6 is 0 Å². The highest BCUT2D eigenvalue weighted by Crippen LogP contribution is 2.04. The Morgan fingerprint density at radius 2 is 1.39 bits per heavy atom. The van der Waals surface area contributed by atoms with Crippen molar-refractivity contribution in [3.63, 3.8) is 0 Å². The van der Waals surface area contributed by atoms with Crippen molar-refractivity contribution in [2.45, 2.75) is 39.0 Å². The van der Waals surface area contributed by atoms with Crippen molar-refractivity contribution in [2.75, 3.05) is 33.9 Å². The maximum atomic E-state index is 11.2. The summed E-state index contributed by atoms with van der Waals surface area (Å²) in [6.45, 7) is 3.16. The van der Waals surface area contributed by atoms with Gasteiger partial charge in [0.2, 0.25) is 0 Å². The zero-order valence-corrected chi connectivity index (χ0v) is 11.7. The Morgan fingerprint density at radius 1 is 0.889 bits per heavy atom. The molecule has 0 N–H and O–H groups in total. The summed E-state index contributed by atoms with van der Waals surface area (Å²) in [5.74, 6) is -0.653. The lowest BCUT2D eigenvalue weighted by Gasteiger charge is -2.19. The monoisotopic (exact) mass is 259 g/mol. The summed E-state index contributed by atoms with van der Waals surface area (Å²) in [4.78, 5) is 24.2. The average molecular weight is 259 g/mol. The lowest BCUT2D eigenvalue weighted by atomic mass is 10.1. The second-order valence-electron chi connectivity index (χ2n) is 4.28. The van der Waals surface area contributed by atoms with E-state index >= 15 is 0 Å². The largest absolute Gasteiger partial charge is 0.468 e. The number of carbonyl (C=O) groups is 2. The molecule has 0 aliphatic carbocycles. The van der Waals surface area contributed by atoms with Gasteiger partial charge in [-0.25, -0.2) is 0 Å². The molecule has 0 bridgehead atoms. The van der Waals surface area contributed by atoms with E-state index in [4.69, 9.17) is 0 Å². The van der Waals surface area contributed by atoms with Crippen LogP contribution in [-0.4, -0.2) is 50.7 Å². The molecular formula is C13H25NO4. The average Bonchev–Trinajstić information content (AvgIpc) is 2.37. The van der Waals surface area contributed by atoms with Gasteiger partial charge in [0.05, 0.1) is 27.3 Å². The number of carbonyl (C=O) groups excluding carboxylic acids is 2. The highest BCUT2D eigenvalue weighted by Gasteiger charge is 2.14. The van der Waals surface area contributed by atoms with E-state index in [9.17, 15) is 9.59 Å². The van der Waals surface area contributed by atoms with Crippen LogP contribution in [-0.2, 0) is 19.1 Å². The topological polar surface area (TPSA) is 55.8 Å². The SMILES string of the molecule is CCCCCCCN(CC(=O)OC)CC(=O)OC. The number of unbranched alkanes of at least 4 members (excludes halogenated alkanes) is 4. The van der Waals surface area contributed by atoms with Gasteiger partial charge in [0.1, 0.15) is 0 Å². The van der Waals surface area contributed by atoms with E-state index in [1.807, 2.05) is 0 Å². The first-order valence-corrected chi connectivity index (χ1v) is 6.50. The molecule has 0 heterocycles. The standard InChI is InChI=1S/C13H25NO4/c1-4-5-6-7-8-9-14(10-12(15)17-2)11-13(16)18-3/h4-11H2,1-3H3. The minimum absolute atomic E-state index is 0.138. The number of hydrogen-bond donors (Lipinski definition) is 0. The molecule has 0 aliphatic heterocycles.